The summed E-state index contributed by atoms with van der Waals surface area (Å²) in [5.41, 5.74) is 1.41. The molecule has 0 atom stereocenters. The summed E-state index contributed by atoms with van der Waals surface area (Å²) in [5, 5.41) is 8.58. The fourth-order valence-electron chi connectivity index (χ4n) is 2.67. The molecule has 0 bridgehead atoms. The van der Waals surface area contributed by atoms with E-state index in [-0.39, 0.29) is 17.9 Å². The van der Waals surface area contributed by atoms with Crippen molar-refractivity contribution in [2.75, 3.05) is 17.2 Å². The third-order valence-electron chi connectivity index (χ3n) is 4.33. The molecule has 5 heteroatoms. The van der Waals surface area contributed by atoms with Gasteiger partial charge in [-0.1, -0.05) is 45.6 Å². The molecule has 25 heavy (non-hydrogen) atoms. The summed E-state index contributed by atoms with van der Waals surface area (Å²) in [4.78, 5) is 23.7. The largest absolute Gasteiger partial charge is 0.338 e. The van der Waals surface area contributed by atoms with Gasteiger partial charge in [-0.25, -0.2) is 4.79 Å². The summed E-state index contributed by atoms with van der Waals surface area (Å²) >= 11 is 0. The number of urea groups is 1. The molecule has 2 rings (SSSR count). The Morgan fingerprint density at radius 3 is 2.40 bits per heavy atom. The lowest BCUT2D eigenvalue weighted by atomic mass is 10.0. The maximum atomic E-state index is 11.9. The summed E-state index contributed by atoms with van der Waals surface area (Å²) < 4.78 is 0. The predicted octanol–water partition coefficient (Wildman–Crippen LogP) is 4.76. The summed E-state index contributed by atoms with van der Waals surface area (Å²) in [6.45, 7) is 5.18. The fraction of sp³-hybridized carbons (Fsp3) is 0.600. The van der Waals surface area contributed by atoms with Gasteiger partial charge >= 0.3 is 6.03 Å². The van der Waals surface area contributed by atoms with E-state index < -0.39 is 0 Å². The van der Waals surface area contributed by atoms with E-state index >= 15 is 0 Å². The maximum absolute atomic E-state index is 11.9. The van der Waals surface area contributed by atoms with Gasteiger partial charge in [0.1, 0.15) is 0 Å². The van der Waals surface area contributed by atoms with Crippen LogP contribution in [0.15, 0.2) is 24.3 Å². The standard InChI is InChI=1S/C20H31N3O2/c1-15(2)8-5-3-4-6-13-21-20(25)23-18-10-7-9-17(14-18)22-19(24)16-11-12-16/h7,9-10,14-16H,3-6,8,11-13H2,1-2H3,(H,22,24)(H2,21,23,25). The van der Waals surface area contributed by atoms with Crippen LogP contribution in [0.4, 0.5) is 16.2 Å². The van der Waals surface area contributed by atoms with Crippen LogP contribution in [0.3, 0.4) is 0 Å². The Bertz CT molecular complexity index is 568. The van der Waals surface area contributed by atoms with E-state index in [0.717, 1.165) is 37.3 Å². The number of anilines is 2. The molecule has 1 aliphatic rings. The predicted molar refractivity (Wildman–Crippen MR) is 103 cm³/mol. The number of unbranched alkanes of at least 4 members (excludes halogenated alkanes) is 3. The number of carbonyl (C=O) groups is 2. The van der Waals surface area contributed by atoms with Crippen LogP contribution in [-0.4, -0.2) is 18.5 Å². The Morgan fingerprint density at radius 1 is 1.04 bits per heavy atom. The van der Waals surface area contributed by atoms with Crippen molar-refractivity contribution in [3.8, 4) is 0 Å². The van der Waals surface area contributed by atoms with E-state index in [0.29, 0.717) is 12.2 Å². The monoisotopic (exact) mass is 345 g/mol. The van der Waals surface area contributed by atoms with Crippen LogP contribution in [-0.2, 0) is 4.79 Å². The first-order valence-electron chi connectivity index (χ1n) is 9.50. The van der Waals surface area contributed by atoms with E-state index in [1.54, 1.807) is 6.07 Å². The van der Waals surface area contributed by atoms with E-state index in [1.165, 1.54) is 19.3 Å². The van der Waals surface area contributed by atoms with E-state index in [4.69, 9.17) is 0 Å². The van der Waals surface area contributed by atoms with Crippen molar-refractivity contribution in [1.29, 1.82) is 0 Å². The molecule has 5 nitrogen and oxygen atoms in total. The third-order valence-corrected chi connectivity index (χ3v) is 4.33. The number of carbonyl (C=O) groups excluding carboxylic acids is 2. The molecule has 0 aliphatic heterocycles. The molecule has 0 unspecified atom stereocenters. The zero-order valence-corrected chi connectivity index (χ0v) is 15.4. The van der Waals surface area contributed by atoms with Gasteiger partial charge in [-0.15, -0.1) is 0 Å². The minimum absolute atomic E-state index is 0.0686. The van der Waals surface area contributed by atoms with Crippen LogP contribution in [0, 0.1) is 11.8 Å². The molecule has 3 N–H and O–H groups in total. The SMILES string of the molecule is CC(C)CCCCCCNC(=O)Nc1cccc(NC(=O)C2CC2)c1. The van der Waals surface area contributed by atoms with Gasteiger partial charge in [0.2, 0.25) is 5.91 Å². The third kappa shape index (κ3) is 8.05. The number of rotatable bonds is 10. The van der Waals surface area contributed by atoms with E-state index in [1.807, 2.05) is 18.2 Å². The lowest BCUT2D eigenvalue weighted by Gasteiger charge is -2.10. The number of amides is 3. The molecule has 1 fully saturated rings. The van der Waals surface area contributed by atoms with Crippen LogP contribution in [0.1, 0.15) is 58.8 Å². The van der Waals surface area contributed by atoms with Gasteiger partial charge < -0.3 is 16.0 Å². The smallest absolute Gasteiger partial charge is 0.319 e. The number of nitrogens with one attached hydrogen (secondary N) is 3. The molecule has 1 saturated carbocycles. The van der Waals surface area contributed by atoms with Crippen LogP contribution >= 0.6 is 0 Å². The van der Waals surface area contributed by atoms with Gasteiger partial charge in [-0.2, -0.15) is 0 Å². The van der Waals surface area contributed by atoms with Gasteiger partial charge in [-0.3, -0.25) is 4.79 Å². The Balaban J connectivity index is 1.62. The zero-order chi connectivity index (χ0) is 18.1. The molecule has 1 aromatic carbocycles. The minimum Gasteiger partial charge on any atom is -0.338 e. The average Bonchev–Trinajstić information content (AvgIpc) is 3.39. The lowest BCUT2D eigenvalue weighted by molar-refractivity contribution is -0.117. The van der Waals surface area contributed by atoms with Gasteiger partial charge in [-0.05, 0) is 43.4 Å². The van der Waals surface area contributed by atoms with Crippen molar-refractivity contribution in [2.45, 2.75) is 58.8 Å². The van der Waals surface area contributed by atoms with Gasteiger partial charge in [0.05, 0.1) is 0 Å². The van der Waals surface area contributed by atoms with Gasteiger partial charge in [0.25, 0.3) is 0 Å². The molecule has 1 aromatic rings. The highest BCUT2D eigenvalue weighted by Gasteiger charge is 2.29. The molecule has 138 valence electrons. The highest BCUT2D eigenvalue weighted by atomic mass is 16.2. The molecule has 0 aromatic heterocycles. The van der Waals surface area contributed by atoms with Crippen molar-refractivity contribution in [3.05, 3.63) is 24.3 Å². The van der Waals surface area contributed by atoms with Crippen molar-refractivity contribution < 1.29 is 9.59 Å². The summed E-state index contributed by atoms with van der Waals surface area (Å²) in [5.74, 6) is 1.01. The van der Waals surface area contributed by atoms with E-state index in [9.17, 15) is 9.59 Å². The molecular weight excluding hydrogens is 314 g/mol. The Kier molecular flexibility index (Phi) is 7.76. The Labute approximate surface area is 151 Å². The lowest BCUT2D eigenvalue weighted by Crippen LogP contribution is -2.29. The first-order valence-corrected chi connectivity index (χ1v) is 9.50. The summed E-state index contributed by atoms with van der Waals surface area (Å²) in [7, 11) is 0. The highest BCUT2D eigenvalue weighted by molar-refractivity contribution is 5.95. The Hall–Kier alpha value is -2.04. The zero-order valence-electron chi connectivity index (χ0n) is 15.4. The van der Waals surface area contributed by atoms with Crippen molar-refractivity contribution in [3.63, 3.8) is 0 Å². The molecule has 0 saturated heterocycles. The number of hydrogen-bond donors (Lipinski definition) is 3. The number of benzene rings is 1. The average molecular weight is 345 g/mol. The topological polar surface area (TPSA) is 70.2 Å². The summed E-state index contributed by atoms with van der Waals surface area (Å²) in [6.07, 6.45) is 7.88. The first kappa shape index (κ1) is 19.3. The quantitative estimate of drug-likeness (QED) is 0.535. The molecule has 0 heterocycles. The van der Waals surface area contributed by atoms with Crippen LogP contribution in [0.25, 0.3) is 0 Å². The minimum atomic E-state index is -0.201. The van der Waals surface area contributed by atoms with Crippen LogP contribution in [0.2, 0.25) is 0 Å². The van der Waals surface area contributed by atoms with Gasteiger partial charge in [0.15, 0.2) is 0 Å². The molecular formula is C20H31N3O2. The van der Waals surface area contributed by atoms with E-state index in [2.05, 4.69) is 29.8 Å². The molecule has 1 aliphatic carbocycles. The summed E-state index contributed by atoms with van der Waals surface area (Å²) in [6, 6.07) is 7.06. The normalized spacial score (nSPS) is 13.6. The second-order valence-corrected chi connectivity index (χ2v) is 7.32. The van der Waals surface area contributed by atoms with Crippen molar-refractivity contribution >= 4 is 23.3 Å². The van der Waals surface area contributed by atoms with Crippen LogP contribution < -0.4 is 16.0 Å². The molecule has 0 spiro atoms. The molecule has 3 amide bonds. The second-order valence-electron chi connectivity index (χ2n) is 7.32. The van der Waals surface area contributed by atoms with Crippen molar-refractivity contribution in [2.24, 2.45) is 11.8 Å². The van der Waals surface area contributed by atoms with Crippen LogP contribution in [0.5, 0.6) is 0 Å². The van der Waals surface area contributed by atoms with Gasteiger partial charge in [0, 0.05) is 23.8 Å². The Morgan fingerprint density at radius 2 is 1.72 bits per heavy atom. The highest BCUT2D eigenvalue weighted by Crippen LogP contribution is 2.30. The van der Waals surface area contributed by atoms with Crippen molar-refractivity contribution in [1.82, 2.24) is 5.32 Å². The first-order chi connectivity index (χ1) is 12.0. The number of hydrogen-bond acceptors (Lipinski definition) is 2. The maximum Gasteiger partial charge on any atom is 0.319 e. The second kappa shape index (κ2) is 10.1. The molecule has 0 radical (unpaired) electrons. The fourth-order valence-corrected chi connectivity index (χ4v) is 2.67.